The normalized spacial score (nSPS) is 19.9. The first-order valence-corrected chi connectivity index (χ1v) is 13.8. The molecule has 0 aromatic rings. The molecule has 0 atom stereocenters. The van der Waals surface area contributed by atoms with Crippen molar-refractivity contribution in [2.75, 3.05) is 5.50 Å². The summed E-state index contributed by atoms with van der Waals surface area (Å²) in [6, 6.07) is 0.908. The standard InChI is InChI=1S/C11H23ClO5Si5/c1-2-3-4-5-6-7-8-9-10-22(11-12)16-20-14-18-13-19-15-21-17-22/h2-11H2,1H3. The Morgan fingerprint density at radius 1 is 0.727 bits per heavy atom. The second-order valence-electron chi connectivity index (χ2n) is 5.11. The van der Waals surface area contributed by atoms with E-state index in [2.05, 4.69) is 6.92 Å². The molecule has 0 aromatic carbocycles. The van der Waals surface area contributed by atoms with Gasteiger partial charge in [-0.1, -0.05) is 58.3 Å². The summed E-state index contributed by atoms with van der Waals surface area (Å²) in [4.78, 5) is 0. The van der Waals surface area contributed by atoms with Gasteiger partial charge in [0.1, 0.15) is 0 Å². The number of unbranched alkanes of at least 4 members (excludes halogenated alkanes) is 7. The molecule has 0 amide bonds. The van der Waals surface area contributed by atoms with Crippen molar-refractivity contribution < 1.29 is 20.6 Å². The summed E-state index contributed by atoms with van der Waals surface area (Å²) in [6.45, 7) is 2.25. The minimum Gasteiger partial charge on any atom is -0.413 e. The first-order valence-electron chi connectivity index (χ1n) is 7.72. The molecular weight excluding hydrogens is 388 g/mol. The zero-order valence-electron chi connectivity index (χ0n) is 13.0. The zero-order valence-corrected chi connectivity index (χ0v) is 18.7. The van der Waals surface area contributed by atoms with Crippen molar-refractivity contribution in [3.05, 3.63) is 0 Å². The molecule has 1 aliphatic rings. The van der Waals surface area contributed by atoms with Crippen LogP contribution in [0.15, 0.2) is 0 Å². The van der Waals surface area contributed by atoms with Gasteiger partial charge < -0.3 is 20.6 Å². The Morgan fingerprint density at radius 2 is 1.23 bits per heavy atom. The van der Waals surface area contributed by atoms with Gasteiger partial charge in [-0.05, 0) is 6.04 Å². The summed E-state index contributed by atoms with van der Waals surface area (Å²) in [6.07, 6.45) is 10.3. The van der Waals surface area contributed by atoms with Gasteiger partial charge in [-0.3, -0.25) is 0 Å². The molecule has 0 aromatic heterocycles. The SMILES string of the molecule is CCCCCCCCCC[Si]1(CCl)O[Si]O[Si]O[Si]O[Si]O1. The Kier molecular flexibility index (Phi) is 14.0. The molecule has 124 valence electrons. The maximum Gasteiger partial charge on any atom is 0.413 e. The lowest BCUT2D eigenvalue weighted by atomic mass is 10.1. The lowest BCUT2D eigenvalue weighted by Crippen LogP contribution is -2.48. The van der Waals surface area contributed by atoms with Crippen LogP contribution in [-0.2, 0) is 20.6 Å². The minimum absolute atomic E-state index is 0.0353. The number of hydrogen-bond donors (Lipinski definition) is 0. The molecule has 0 saturated carbocycles. The van der Waals surface area contributed by atoms with E-state index in [1.165, 1.54) is 44.9 Å². The highest BCUT2D eigenvalue weighted by atomic mass is 35.5. The summed E-state index contributed by atoms with van der Waals surface area (Å²) in [5.74, 6) is 0. The van der Waals surface area contributed by atoms with E-state index < -0.39 is 8.56 Å². The van der Waals surface area contributed by atoms with E-state index in [4.69, 9.17) is 32.2 Å². The summed E-state index contributed by atoms with van der Waals surface area (Å²) in [7, 11) is -2.56. The highest BCUT2D eigenvalue weighted by molar-refractivity contribution is 6.80. The molecule has 11 heteroatoms. The van der Waals surface area contributed by atoms with Gasteiger partial charge in [0, 0.05) is 0 Å². The molecule has 1 saturated heterocycles. The Labute approximate surface area is 150 Å². The average Bonchev–Trinajstić information content (AvgIpc) is 2.55. The van der Waals surface area contributed by atoms with Crippen LogP contribution in [0.5, 0.6) is 0 Å². The van der Waals surface area contributed by atoms with Gasteiger partial charge in [0.25, 0.3) is 0 Å². The maximum absolute atomic E-state index is 6.14. The van der Waals surface area contributed by atoms with Crippen molar-refractivity contribution in [2.45, 2.75) is 64.3 Å². The highest BCUT2D eigenvalue weighted by Gasteiger charge is 2.37. The third-order valence-electron chi connectivity index (χ3n) is 3.32. The van der Waals surface area contributed by atoms with Crippen molar-refractivity contribution in [1.29, 1.82) is 0 Å². The second-order valence-corrected chi connectivity index (χ2v) is 13.3. The van der Waals surface area contributed by atoms with E-state index >= 15 is 0 Å². The minimum atomic E-state index is -2.38. The summed E-state index contributed by atoms with van der Waals surface area (Å²) in [5.41, 5.74) is 0.420. The van der Waals surface area contributed by atoms with Crippen molar-refractivity contribution in [3.63, 3.8) is 0 Å². The van der Waals surface area contributed by atoms with Crippen molar-refractivity contribution in [1.82, 2.24) is 0 Å². The predicted octanol–water partition coefficient (Wildman–Crippen LogP) is 2.58. The molecule has 0 unspecified atom stereocenters. The Bertz CT molecular complexity index is 257. The summed E-state index contributed by atoms with van der Waals surface area (Å²) >= 11 is 6.14. The molecule has 1 fully saturated rings. The molecule has 22 heavy (non-hydrogen) atoms. The van der Waals surface area contributed by atoms with Gasteiger partial charge in [-0.25, -0.2) is 0 Å². The van der Waals surface area contributed by atoms with Crippen LogP contribution in [0.2, 0.25) is 6.04 Å². The Morgan fingerprint density at radius 3 is 1.77 bits per heavy atom. The largest absolute Gasteiger partial charge is 0.413 e. The van der Waals surface area contributed by atoms with Crippen molar-refractivity contribution in [3.8, 4) is 0 Å². The molecule has 0 spiro atoms. The molecule has 5 nitrogen and oxygen atoms in total. The number of hydrogen-bond acceptors (Lipinski definition) is 5. The zero-order chi connectivity index (χ0) is 15.9. The summed E-state index contributed by atoms with van der Waals surface area (Å²) < 4.78 is 27.4. The fourth-order valence-electron chi connectivity index (χ4n) is 2.06. The number of halogens is 1. The topological polar surface area (TPSA) is 46.2 Å². The van der Waals surface area contributed by atoms with Gasteiger partial charge in [0.05, 0.1) is 5.50 Å². The predicted molar refractivity (Wildman–Crippen MR) is 92.3 cm³/mol. The maximum atomic E-state index is 6.14. The molecule has 1 heterocycles. The molecule has 1 aliphatic heterocycles. The Hall–Kier alpha value is 1.17. The lowest BCUT2D eigenvalue weighted by Gasteiger charge is -2.28. The second kappa shape index (κ2) is 14.5. The van der Waals surface area contributed by atoms with Crippen LogP contribution in [-0.4, -0.2) is 54.1 Å². The van der Waals surface area contributed by atoms with Crippen LogP contribution in [0.25, 0.3) is 0 Å². The van der Waals surface area contributed by atoms with Gasteiger partial charge >= 0.3 is 48.6 Å². The first-order chi connectivity index (χ1) is 10.8. The fourth-order valence-corrected chi connectivity index (χ4v) is 9.95. The third kappa shape index (κ3) is 10.1. The van der Waals surface area contributed by atoms with Crippen LogP contribution in [0.3, 0.4) is 0 Å². The van der Waals surface area contributed by atoms with E-state index in [-0.39, 0.29) is 40.0 Å². The molecule has 1 rings (SSSR count). The van der Waals surface area contributed by atoms with Crippen LogP contribution < -0.4 is 0 Å². The molecule has 0 N–H and O–H groups in total. The van der Waals surface area contributed by atoms with Crippen LogP contribution in [0, 0.1) is 0 Å². The number of alkyl halides is 1. The first kappa shape index (κ1) is 21.2. The van der Waals surface area contributed by atoms with E-state index in [1.807, 2.05) is 0 Å². The van der Waals surface area contributed by atoms with E-state index in [0.29, 0.717) is 5.50 Å². The quantitative estimate of drug-likeness (QED) is 0.314. The highest BCUT2D eigenvalue weighted by Crippen LogP contribution is 2.20. The van der Waals surface area contributed by atoms with E-state index in [1.54, 1.807) is 0 Å². The molecular formula is C11H23ClO5Si5. The molecule has 8 radical (unpaired) electrons. The smallest absolute Gasteiger partial charge is 0.413 e. The van der Waals surface area contributed by atoms with Gasteiger partial charge in [-0.2, -0.15) is 0 Å². The number of rotatable bonds is 10. The summed E-state index contributed by atoms with van der Waals surface area (Å²) in [5, 5.41) is 0. The Balaban J connectivity index is 2.19. The van der Waals surface area contributed by atoms with E-state index in [9.17, 15) is 0 Å². The van der Waals surface area contributed by atoms with Crippen LogP contribution in [0.4, 0.5) is 0 Å². The van der Waals surface area contributed by atoms with Crippen molar-refractivity contribution in [2.24, 2.45) is 0 Å². The van der Waals surface area contributed by atoms with Gasteiger partial charge in [0.15, 0.2) is 0 Å². The van der Waals surface area contributed by atoms with Gasteiger partial charge in [-0.15, -0.1) is 11.6 Å². The molecule has 0 bridgehead atoms. The van der Waals surface area contributed by atoms with Crippen LogP contribution >= 0.6 is 11.6 Å². The average molecular weight is 411 g/mol. The third-order valence-corrected chi connectivity index (χ3v) is 11.7. The van der Waals surface area contributed by atoms with Crippen molar-refractivity contribution >= 4 is 60.2 Å². The van der Waals surface area contributed by atoms with Crippen LogP contribution in [0.1, 0.15) is 58.3 Å². The van der Waals surface area contributed by atoms with E-state index in [0.717, 1.165) is 12.5 Å². The monoisotopic (exact) mass is 410 g/mol. The fraction of sp³-hybridized carbons (Fsp3) is 1.00. The van der Waals surface area contributed by atoms with Gasteiger partial charge in [0.2, 0.25) is 0 Å². The lowest BCUT2D eigenvalue weighted by molar-refractivity contribution is 0.312. The molecule has 0 aliphatic carbocycles.